The first kappa shape index (κ1) is 15.8. The molecule has 2 aromatic carbocycles. The Morgan fingerprint density at radius 2 is 1.74 bits per heavy atom. The van der Waals surface area contributed by atoms with Gasteiger partial charge in [0.25, 0.3) is 0 Å². The summed E-state index contributed by atoms with van der Waals surface area (Å²) in [6.45, 7) is 8.31. The Morgan fingerprint density at radius 3 is 2.35 bits per heavy atom. The Bertz CT molecular complexity index is 796. The summed E-state index contributed by atoms with van der Waals surface area (Å²) in [5.74, 6) is 1.45. The summed E-state index contributed by atoms with van der Waals surface area (Å²) >= 11 is 5.89. The number of hydrogen-bond donors (Lipinski definition) is 0. The van der Waals surface area contributed by atoms with Gasteiger partial charge in [0.1, 0.15) is 22.9 Å². The van der Waals surface area contributed by atoms with Gasteiger partial charge in [0.2, 0.25) is 0 Å². The molecule has 2 aromatic rings. The maximum atomic E-state index is 11.7. The quantitative estimate of drug-likeness (QED) is 0.583. The number of amides is 1. The lowest BCUT2D eigenvalue weighted by Gasteiger charge is -2.25. The lowest BCUT2D eigenvalue weighted by molar-refractivity contribution is -0.115. The molecule has 0 N–H and O–H groups in total. The Morgan fingerprint density at radius 1 is 1.13 bits per heavy atom. The summed E-state index contributed by atoms with van der Waals surface area (Å²) in [4.78, 5) is 11.7. The maximum Gasteiger partial charge on any atom is 0.311 e. The van der Waals surface area contributed by atoms with Crippen LogP contribution in [0.3, 0.4) is 0 Å². The van der Waals surface area contributed by atoms with Crippen molar-refractivity contribution in [3.05, 3.63) is 65.3 Å². The van der Waals surface area contributed by atoms with Crippen LogP contribution in [-0.4, -0.2) is 13.5 Å². The Balaban J connectivity index is 2.03. The lowest BCUT2D eigenvalue weighted by atomic mass is 9.84. The second-order valence-electron chi connectivity index (χ2n) is 6.49. The molecule has 3 nitrogen and oxygen atoms in total. The van der Waals surface area contributed by atoms with Crippen LogP contribution in [0.5, 0.6) is 11.5 Å². The second kappa shape index (κ2) is 5.22. The van der Waals surface area contributed by atoms with Crippen molar-refractivity contribution in [3.63, 3.8) is 0 Å². The maximum absolute atomic E-state index is 11.7. The van der Waals surface area contributed by atoms with E-state index >= 15 is 0 Å². The number of carbonyl (C=O) groups excluding carboxylic acids is 1. The molecule has 0 fully saturated rings. The molecule has 0 saturated carbocycles. The molecule has 1 amide bonds. The Hall–Kier alpha value is -2.10. The van der Waals surface area contributed by atoms with Gasteiger partial charge in [0.05, 0.1) is 12.5 Å². The van der Waals surface area contributed by atoms with E-state index in [1.807, 2.05) is 37.4 Å². The van der Waals surface area contributed by atoms with Crippen LogP contribution in [0.1, 0.15) is 19.4 Å². The van der Waals surface area contributed by atoms with Crippen LogP contribution >= 0.6 is 11.6 Å². The molecule has 1 aliphatic rings. The topological polar surface area (TPSA) is 26.3 Å². The SMILES string of the molecule is C=C1C(C)(C)c2cc(Oc3ccc(Cl)cc3)ccc2[N+]1(C)C=O. The molecule has 1 aliphatic heterocycles. The molecule has 1 unspecified atom stereocenters. The first-order chi connectivity index (χ1) is 10.8. The minimum Gasteiger partial charge on any atom is -0.457 e. The van der Waals surface area contributed by atoms with E-state index in [4.69, 9.17) is 16.3 Å². The number of benzene rings is 2. The summed E-state index contributed by atoms with van der Waals surface area (Å²) in [7, 11) is 1.86. The number of likely N-dealkylation sites (N-methyl/N-ethyl adjacent to an activating group) is 1. The summed E-state index contributed by atoms with van der Waals surface area (Å²) in [6, 6.07) is 13.0. The summed E-state index contributed by atoms with van der Waals surface area (Å²) in [6.07, 6.45) is 0.926. The zero-order valence-electron chi connectivity index (χ0n) is 13.5. The van der Waals surface area contributed by atoms with E-state index in [0.29, 0.717) is 5.02 Å². The van der Waals surface area contributed by atoms with Crippen LogP contribution in [0, 0.1) is 0 Å². The van der Waals surface area contributed by atoms with E-state index in [2.05, 4.69) is 20.4 Å². The Kier molecular flexibility index (Phi) is 3.58. The average molecular weight is 329 g/mol. The predicted molar refractivity (Wildman–Crippen MR) is 93.9 cm³/mol. The fourth-order valence-corrected chi connectivity index (χ4v) is 3.25. The third-order valence-electron chi connectivity index (χ3n) is 4.68. The van der Waals surface area contributed by atoms with E-state index in [9.17, 15) is 4.79 Å². The van der Waals surface area contributed by atoms with Gasteiger partial charge in [0.15, 0.2) is 0 Å². The number of halogens is 1. The van der Waals surface area contributed by atoms with E-state index in [-0.39, 0.29) is 9.90 Å². The molecule has 0 radical (unpaired) electrons. The van der Waals surface area contributed by atoms with Crippen molar-refractivity contribution in [3.8, 4) is 11.5 Å². The second-order valence-corrected chi connectivity index (χ2v) is 6.92. The van der Waals surface area contributed by atoms with Crippen molar-refractivity contribution in [2.24, 2.45) is 0 Å². The number of allylic oxidation sites excluding steroid dienone is 1. The van der Waals surface area contributed by atoms with Crippen molar-refractivity contribution in [1.29, 1.82) is 0 Å². The highest BCUT2D eigenvalue weighted by molar-refractivity contribution is 6.30. The molecule has 4 heteroatoms. The largest absolute Gasteiger partial charge is 0.457 e. The van der Waals surface area contributed by atoms with E-state index in [1.54, 1.807) is 12.1 Å². The molecular formula is C19H19ClNO2+. The highest BCUT2D eigenvalue weighted by Gasteiger charge is 2.51. The van der Waals surface area contributed by atoms with Gasteiger partial charge in [-0.05, 0) is 56.8 Å². The summed E-state index contributed by atoms with van der Waals surface area (Å²) in [5, 5.41) is 0.669. The molecule has 0 spiro atoms. The van der Waals surface area contributed by atoms with E-state index in [0.717, 1.165) is 34.9 Å². The van der Waals surface area contributed by atoms with Gasteiger partial charge >= 0.3 is 6.41 Å². The first-order valence-corrected chi connectivity index (χ1v) is 7.78. The van der Waals surface area contributed by atoms with Gasteiger partial charge in [-0.15, -0.1) is 0 Å². The standard InChI is InChI=1S/C19H19ClNO2/c1-13-19(2,3)17-11-16(9-10-18(17)21(13,4)12-22)23-15-7-5-14(20)6-8-15/h5-12H,1H2,2-4H3/q+1. The fourth-order valence-electron chi connectivity index (χ4n) is 3.12. The van der Waals surface area contributed by atoms with Crippen LogP contribution in [-0.2, 0) is 10.2 Å². The predicted octanol–water partition coefficient (Wildman–Crippen LogP) is 5.03. The smallest absolute Gasteiger partial charge is 0.311 e. The lowest BCUT2D eigenvalue weighted by Crippen LogP contribution is -2.42. The van der Waals surface area contributed by atoms with E-state index in [1.165, 1.54) is 0 Å². The number of carbonyl (C=O) groups is 1. The van der Waals surface area contributed by atoms with E-state index < -0.39 is 0 Å². The van der Waals surface area contributed by atoms with Crippen molar-refractivity contribution in [2.45, 2.75) is 19.3 Å². The number of ether oxygens (including phenoxy) is 1. The fraction of sp³-hybridized carbons (Fsp3) is 0.211. The number of quaternary nitrogens is 1. The van der Waals surface area contributed by atoms with Crippen molar-refractivity contribution < 1.29 is 9.53 Å². The molecule has 0 bridgehead atoms. The third-order valence-corrected chi connectivity index (χ3v) is 4.94. The van der Waals surface area contributed by atoms with Crippen molar-refractivity contribution >= 4 is 23.7 Å². The zero-order valence-corrected chi connectivity index (χ0v) is 14.2. The molecule has 0 saturated heterocycles. The summed E-state index contributed by atoms with van der Waals surface area (Å²) < 4.78 is 6.01. The van der Waals surface area contributed by atoms with Gasteiger partial charge in [-0.1, -0.05) is 11.6 Å². The number of rotatable bonds is 3. The molecule has 0 aliphatic carbocycles. The monoisotopic (exact) mass is 328 g/mol. The molecule has 0 aromatic heterocycles. The highest BCUT2D eigenvalue weighted by atomic mass is 35.5. The molecule has 1 heterocycles. The van der Waals surface area contributed by atoms with Crippen molar-refractivity contribution in [1.82, 2.24) is 4.48 Å². The number of hydrogen-bond acceptors (Lipinski definition) is 2. The van der Waals surface area contributed by atoms with Crippen LogP contribution in [0.15, 0.2) is 54.7 Å². The number of fused-ring (bicyclic) bond motifs is 1. The minimum atomic E-state index is -0.301. The number of nitrogens with zero attached hydrogens (tertiary/aromatic N) is 1. The van der Waals surface area contributed by atoms with Gasteiger partial charge in [-0.3, -0.25) is 0 Å². The van der Waals surface area contributed by atoms with Crippen LogP contribution in [0.25, 0.3) is 0 Å². The normalized spacial score (nSPS) is 21.8. The van der Waals surface area contributed by atoms with Crippen LogP contribution < -0.4 is 9.22 Å². The Labute approximate surface area is 141 Å². The molecular weight excluding hydrogens is 310 g/mol. The highest BCUT2D eigenvalue weighted by Crippen LogP contribution is 2.51. The van der Waals surface area contributed by atoms with Crippen LogP contribution in [0.4, 0.5) is 5.69 Å². The zero-order chi connectivity index (χ0) is 16.8. The van der Waals surface area contributed by atoms with Gasteiger partial charge < -0.3 is 4.74 Å². The third kappa shape index (κ3) is 2.37. The minimum absolute atomic E-state index is 0.101. The molecule has 1 atom stereocenters. The van der Waals surface area contributed by atoms with Crippen molar-refractivity contribution in [2.75, 3.05) is 7.05 Å². The van der Waals surface area contributed by atoms with Gasteiger partial charge in [0, 0.05) is 16.7 Å². The first-order valence-electron chi connectivity index (χ1n) is 7.40. The average Bonchev–Trinajstić information content (AvgIpc) is 2.69. The van der Waals surface area contributed by atoms with Crippen LogP contribution in [0.2, 0.25) is 5.02 Å². The van der Waals surface area contributed by atoms with Gasteiger partial charge in [-0.25, -0.2) is 9.28 Å². The summed E-state index contributed by atoms with van der Waals surface area (Å²) in [5.41, 5.74) is 2.55. The van der Waals surface area contributed by atoms with Gasteiger partial charge in [-0.2, -0.15) is 0 Å². The molecule has 118 valence electrons. The molecule has 3 rings (SSSR count). The molecule has 23 heavy (non-hydrogen) atoms.